The molecule has 1 aliphatic rings. The molecule has 0 aromatic carbocycles. The maximum absolute atomic E-state index is 5.84. The van der Waals surface area contributed by atoms with Crippen LogP contribution in [0.3, 0.4) is 0 Å². The van der Waals surface area contributed by atoms with Gasteiger partial charge in [-0.15, -0.1) is 0 Å². The van der Waals surface area contributed by atoms with Crippen molar-refractivity contribution in [2.75, 3.05) is 13.7 Å². The van der Waals surface area contributed by atoms with Crippen LogP contribution in [0.25, 0.3) is 0 Å². The second-order valence-corrected chi connectivity index (χ2v) is 5.33. The molecule has 1 aromatic heterocycles. The van der Waals surface area contributed by atoms with E-state index in [1.54, 1.807) is 6.33 Å². The van der Waals surface area contributed by atoms with E-state index >= 15 is 0 Å². The van der Waals surface area contributed by atoms with Gasteiger partial charge in [0.2, 0.25) is 0 Å². The predicted octanol–water partition coefficient (Wildman–Crippen LogP) is 1.78. The molecule has 0 radical (unpaired) electrons. The first-order valence-corrected chi connectivity index (χ1v) is 7.41. The Morgan fingerprint density at radius 2 is 2.26 bits per heavy atom. The molecule has 5 nitrogen and oxygen atoms in total. The number of hydrogen-bond donors (Lipinski definition) is 1. The van der Waals surface area contributed by atoms with Gasteiger partial charge in [0.05, 0.1) is 5.60 Å². The highest BCUT2D eigenvalue weighted by Crippen LogP contribution is 2.39. The lowest BCUT2D eigenvalue weighted by atomic mass is 9.73. The van der Waals surface area contributed by atoms with Gasteiger partial charge < -0.3 is 10.1 Å². The van der Waals surface area contributed by atoms with Crippen LogP contribution >= 0.6 is 0 Å². The van der Waals surface area contributed by atoms with Gasteiger partial charge in [0.15, 0.2) is 0 Å². The predicted molar refractivity (Wildman–Crippen MR) is 75.1 cm³/mol. The molecule has 1 atom stereocenters. The van der Waals surface area contributed by atoms with E-state index in [1.807, 2.05) is 11.8 Å². The first-order chi connectivity index (χ1) is 9.25. The fourth-order valence-electron chi connectivity index (χ4n) is 2.88. The van der Waals surface area contributed by atoms with Crippen LogP contribution in [-0.2, 0) is 17.7 Å². The minimum absolute atomic E-state index is 0.000306. The van der Waals surface area contributed by atoms with Crippen molar-refractivity contribution in [1.82, 2.24) is 20.1 Å². The summed E-state index contributed by atoms with van der Waals surface area (Å²) in [5.74, 6) is 1.06. The fraction of sp³-hybridized carbons (Fsp3) is 0.857. The number of ether oxygens (including phenoxy) is 1. The Morgan fingerprint density at radius 1 is 1.47 bits per heavy atom. The van der Waals surface area contributed by atoms with Crippen molar-refractivity contribution in [1.29, 1.82) is 0 Å². The molecule has 1 aromatic rings. The maximum atomic E-state index is 5.84. The summed E-state index contributed by atoms with van der Waals surface area (Å²) in [7, 11) is 1.84. The van der Waals surface area contributed by atoms with Gasteiger partial charge in [0.1, 0.15) is 12.2 Å². The van der Waals surface area contributed by atoms with Crippen LogP contribution in [0.1, 0.15) is 45.4 Å². The number of nitrogens with zero attached hydrogens (tertiary/aromatic N) is 3. The SMILES string of the molecule is CCCNC(Cc1ncnn1CC)C1(OC)CCC1. The van der Waals surface area contributed by atoms with Crippen LogP contribution in [0.15, 0.2) is 6.33 Å². The van der Waals surface area contributed by atoms with Crippen LogP contribution in [0, 0.1) is 0 Å². The Balaban J connectivity index is 2.09. The average Bonchev–Trinajstić information content (AvgIpc) is 2.82. The molecule has 1 saturated carbocycles. The van der Waals surface area contributed by atoms with E-state index in [1.165, 1.54) is 6.42 Å². The summed E-state index contributed by atoms with van der Waals surface area (Å²) in [6.07, 6.45) is 7.23. The molecular weight excluding hydrogens is 240 g/mol. The largest absolute Gasteiger partial charge is 0.377 e. The molecule has 1 unspecified atom stereocenters. The molecule has 1 fully saturated rings. The Hall–Kier alpha value is -0.940. The molecule has 0 bridgehead atoms. The van der Waals surface area contributed by atoms with Crippen molar-refractivity contribution < 1.29 is 4.74 Å². The average molecular weight is 266 g/mol. The molecule has 19 heavy (non-hydrogen) atoms. The Kier molecular flexibility index (Phi) is 4.93. The summed E-state index contributed by atoms with van der Waals surface area (Å²) < 4.78 is 7.81. The van der Waals surface area contributed by atoms with Gasteiger partial charge in [0, 0.05) is 26.1 Å². The lowest BCUT2D eigenvalue weighted by molar-refractivity contribution is -0.0985. The summed E-state index contributed by atoms with van der Waals surface area (Å²) in [6.45, 7) is 6.19. The van der Waals surface area contributed by atoms with Crippen LogP contribution < -0.4 is 5.32 Å². The summed E-state index contributed by atoms with van der Waals surface area (Å²) in [6, 6.07) is 0.334. The first kappa shape index (κ1) is 14.5. The van der Waals surface area contributed by atoms with E-state index in [0.717, 1.165) is 44.6 Å². The quantitative estimate of drug-likeness (QED) is 0.779. The van der Waals surface area contributed by atoms with Gasteiger partial charge in [0.25, 0.3) is 0 Å². The molecule has 2 rings (SSSR count). The van der Waals surface area contributed by atoms with Crippen LogP contribution in [0.2, 0.25) is 0 Å². The summed E-state index contributed by atoms with van der Waals surface area (Å²) in [5, 5.41) is 7.90. The van der Waals surface area contributed by atoms with E-state index in [4.69, 9.17) is 4.74 Å². The molecular formula is C14H26N4O. The fourth-order valence-corrected chi connectivity index (χ4v) is 2.88. The molecule has 0 amide bonds. The van der Waals surface area contributed by atoms with Crippen molar-refractivity contribution >= 4 is 0 Å². The van der Waals surface area contributed by atoms with Crippen molar-refractivity contribution in [2.24, 2.45) is 0 Å². The summed E-state index contributed by atoms with van der Waals surface area (Å²) >= 11 is 0. The highest BCUT2D eigenvalue weighted by atomic mass is 16.5. The maximum Gasteiger partial charge on any atom is 0.138 e. The van der Waals surface area contributed by atoms with Gasteiger partial charge >= 0.3 is 0 Å². The Bertz CT molecular complexity index is 381. The van der Waals surface area contributed by atoms with E-state index in [9.17, 15) is 0 Å². The van der Waals surface area contributed by atoms with Gasteiger partial charge in [-0.1, -0.05) is 6.92 Å². The Morgan fingerprint density at radius 3 is 2.79 bits per heavy atom. The summed E-state index contributed by atoms with van der Waals surface area (Å²) in [4.78, 5) is 4.40. The third-order valence-corrected chi connectivity index (χ3v) is 4.26. The third kappa shape index (κ3) is 2.98. The minimum atomic E-state index is -0.000306. The van der Waals surface area contributed by atoms with E-state index in [0.29, 0.717) is 6.04 Å². The normalized spacial score (nSPS) is 19.1. The summed E-state index contributed by atoms with van der Waals surface area (Å²) in [5.41, 5.74) is -0.000306. The topological polar surface area (TPSA) is 52.0 Å². The molecule has 1 aliphatic carbocycles. The number of hydrogen-bond acceptors (Lipinski definition) is 4. The van der Waals surface area contributed by atoms with Crippen LogP contribution in [-0.4, -0.2) is 40.1 Å². The van der Waals surface area contributed by atoms with Gasteiger partial charge in [-0.3, -0.25) is 4.68 Å². The molecule has 5 heteroatoms. The molecule has 0 aliphatic heterocycles. The first-order valence-electron chi connectivity index (χ1n) is 7.41. The minimum Gasteiger partial charge on any atom is -0.377 e. The number of rotatable bonds is 8. The molecule has 108 valence electrons. The molecule has 1 N–H and O–H groups in total. The van der Waals surface area contributed by atoms with Gasteiger partial charge in [-0.05, 0) is 39.2 Å². The van der Waals surface area contributed by atoms with Gasteiger partial charge in [-0.25, -0.2) is 4.98 Å². The van der Waals surface area contributed by atoms with Crippen molar-refractivity contribution in [3.8, 4) is 0 Å². The molecule has 0 spiro atoms. The van der Waals surface area contributed by atoms with Crippen molar-refractivity contribution in [3.63, 3.8) is 0 Å². The van der Waals surface area contributed by atoms with E-state index in [-0.39, 0.29) is 5.60 Å². The van der Waals surface area contributed by atoms with E-state index < -0.39 is 0 Å². The van der Waals surface area contributed by atoms with Crippen molar-refractivity contribution in [2.45, 2.75) is 64.1 Å². The number of methoxy groups -OCH3 is 1. The van der Waals surface area contributed by atoms with Gasteiger partial charge in [-0.2, -0.15) is 5.10 Å². The molecule has 1 heterocycles. The number of aromatic nitrogens is 3. The zero-order valence-corrected chi connectivity index (χ0v) is 12.4. The number of nitrogens with one attached hydrogen (secondary N) is 1. The Labute approximate surface area is 115 Å². The van der Waals surface area contributed by atoms with E-state index in [2.05, 4.69) is 29.2 Å². The second kappa shape index (κ2) is 6.48. The van der Waals surface area contributed by atoms with Crippen LogP contribution in [0.5, 0.6) is 0 Å². The highest BCUT2D eigenvalue weighted by Gasteiger charge is 2.44. The van der Waals surface area contributed by atoms with Crippen LogP contribution in [0.4, 0.5) is 0 Å². The monoisotopic (exact) mass is 266 g/mol. The third-order valence-electron chi connectivity index (χ3n) is 4.26. The standard InChI is InChI=1S/C14H26N4O/c1-4-9-15-12(14(19-3)7-6-8-14)10-13-16-11-17-18(13)5-2/h11-12,15H,4-10H2,1-3H3. The number of aryl methyl sites for hydroxylation is 1. The lowest BCUT2D eigenvalue weighted by Crippen LogP contribution is -2.57. The smallest absolute Gasteiger partial charge is 0.138 e. The lowest BCUT2D eigenvalue weighted by Gasteiger charge is -2.46. The zero-order valence-electron chi connectivity index (χ0n) is 12.4. The second-order valence-electron chi connectivity index (χ2n) is 5.33. The zero-order chi connectivity index (χ0) is 13.7. The highest BCUT2D eigenvalue weighted by molar-refractivity contribution is 5.04. The molecule has 0 saturated heterocycles. The van der Waals surface area contributed by atoms with Crippen molar-refractivity contribution in [3.05, 3.63) is 12.2 Å².